The molecule has 0 spiro atoms. The fourth-order valence-electron chi connectivity index (χ4n) is 3.80. The Hall–Kier alpha value is -3.72. The van der Waals surface area contributed by atoms with Crippen molar-refractivity contribution in [3.63, 3.8) is 0 Å². The van der Waals surface area contributed by atoms with E-state index < -0.39 is 0 Å². The summed E-state index contributed by atoms with van der Waals surface area (Å²) in [5.41, 5.74) is 1.74. The number of anilines is 1. The van der Waals surface area contributed by atoms with E-state index in [1.807, 2.05) is 30.3 Å². The lowest BCUT2D eigenvalue weighted by Gasteiger charge is -2.23. The number of benzene rings is 2. The number of nitro benzene ring substituents is 1. The molecule has 180 valence electrons. The normalized spacial score (nSPS) is 11.0. The Morgan fingerprint density at radius 1 is 0.882 bits per heavy atom. The van der Waals surface area contributed by atoms with Crippen LogP contribution >= 0.6 is 0 Å². The fourth-order valence-corrected chi connectivity index (χ4v) is 3.80. The third-order valence-corrected chi connectivity index (χ3v) is 5.91. The van der Waals surface area contributed by atoms with E-state index in [0.29, 0.717) is 12.4 Å². The van der Waals surface area contributed by atoms with E-state index in [2.05, 4.69) is 22.3 Å². The molecule has 0 fully saturated rings. The van der Waals surface area contributed by atoms with E-state index in [0.717, 1.165) is 49.0 Å². The van der Waals surface area contributed by atoms with Crippen LogP contribution in [0.25, 0.3) is 0 Å². The van der Waals surface area contributed by atoms with Gasteiger partial charge in [-0.3, -0.25) is 24.0 Å². The number of hydrogen-bond donors (Lipinski definition) is 1. The van der Waals surface area contributed by atoms with Crippen LogP contribution in [0.2, 0.25) is 0 Å². The molecule has 1 aromatic heterocycles. The summed E-state index contributed by atoms with van der Waals surface area (Å²) in [7, 11) is 3.10. The van der Waals surface area contributed by atoms with E-state index in [-0.39, 0.29) is 21.9 Å². The zero-order valence-electron chi connectivity index (χ0n) is 19.6. The first-order valence-corrected chi connectivity index (χ1v) is 11.4. The van der Waals surface area contributed by atoms with Crippen molar-refractivity contribution >= 4 is 11.5 Å². The van der Waals surface area contributed by atoms with Crippen molar-refractivity contribution in [2.45, 2.75) is 19.3 Å². The number of aromatic nitrogens is 2. The topological polar surface area (TPSA) is 102 Å². The number of hydrogen-bond acceptors (Lipinski definition) is 6. The van der Waals surface area contributed by atoms with E-state index in [1.165, 1.54) is 23.2 Å². The third kappa shape index (κ3) is 6.89. The molecule has 1 N–H and O–H groups in total. The molecule has 0 aliphatic heterocycles. The van der Waals surface area contributed by atoms with Crippen LogP contribution in [0.3, 0.4) is 0 Å². The number of non-ortho nitro benzene ring substituents is 1. The molecule has 34 heavy (non-hydrogen) atoms. The minimum absolute atomic E-state index is 0.101. The van der Waals surface area contributed by atoms with Gasteiger partial charge in [-0.1, -0.05) is 42.5 Å². The van der Waals surface area contributed by atoms with E-state index in [9.17, 15) is 19.7 Å². The molecular weight excluding hydrogens is 434 g/mol. The maximum atomic E-state index is 12.1. The largest absolute Gasteiger partial charge is 0.370 e. The van der Waals surface area contributed by atoms with Crippen LogP contribution in [0, 0.1) is 10.1 Å². The van der Waals surface area contributed by atoms with Gasteiger partial charge in [0.15, 0.2) is 0 Å². The summed E-state index contributed by atoms with van der Waals surface area (Å²) in [5, 5.41) is 14.1. The van der Waals surface area contributed by atoms with Crippen molar-refractivity contribution in [2.24, 2.45) is 14.1 Å². The van der Waals surface area contributed by atoms with E-state index in [4.69, 9.17) is 0 Å². The number of rotatable bonds is 12. The summed E-state index contributed by atoms with van der Waals surface area (Å²) in [4.78, 5) is 36.9. The van der Waals surface area contributed by atoms with Crippen LogP contribution in [0.4, 0.5) is 11.5 Å². The van der Waals surface area contributed by atoms with Gasteiger partial charge < -0.3 is 10.2 Å². The molecule has 0 atom stereocenters. The predicted octanol–water partition coefficient (Wildman–Crippen LogP) is 2.58. The van der Waals surface area contributed by atoms with Crippen molar-refractivity contribution in [2.75, 3.05) is 31.5 Å². The van der Waals surface area contributed by atoms with Gasteiger partial charge in [-0.25, -0.2) is 4.79 Å². The van der Waals surface area contributed by atoms with Gasteiger partial charge in [0.05, 0.1) is 4.92 Å². The molecule has 0 bridgehead atoms. The van der Waals surface area contributed by atoms with E-state index in [1.54, 1.807) is 19.2 Å². The van der Waals surface area contributed by atoms with Crippen LogP contribution in [0.15, 0.2) is 70.3 Å². The molecule has 2 aromatic carbocycles. The van der Waals surface area contributed by atoms with Gasteiger partial charge in [-0.05, 0) is 36.9 Å². The number of nitrogens with one attached hydrogen (secondary N) is 1. The quantitative estimate of drug-likeness (QED) is 0.326. The number of nitro groups is 1. The summed E-state index contributed by atoms with van der Waals surface area (Å²) >= 11 is 0. The zero-order chi connectivity index (χ0) is 24.5. The molecule has 0 saturated carbocycles. The molecule has 0 saturated heterocycles. The molecule has 0 radical (unpaired) electrons. The molecule has 0 aliphatic carbocycles. The Bertz CT molecular complexity index is 1200. The molecule has 1 heterocycles. The van der Waals surface area contributed by atoms with Crippen LogP contribution in [0.1, 0.15) is 17.5 Å². The summed E-state index contributed by atoms with van der Waals surface area (Å²) in [5.74, 6) is 0.502. The Labute approximate surface area is 198 Å². The number of nitrogens with zero attached hydrogens (tertiary/aromatic N) is 4. The van der Waals surface area contributed by atoms with Gasteiger partial charge in [0, 0.05) is 51.9 Å². The highest BCUT2D eigenvalue weighted by Crippen LogP contribution is 2.13. The smallest absolute Gasteiger partial charge is 0.332 e. The first kappa shape index (κ1) is 24.9. The van der Waals surface area contributed by atoms with Gasteiger partial charge in [0.1, 0.15) is 5.82 Å². The van der Waals surface area contributed by atoms with Gasteiger partial charge >= 0.3 is 5.69 Å². The standard InChI is InChI=1S/C25H31N5O4/c1-27-23(19-24(31)28(2)25(27)32)26-15-18-29(17-14-20-7-4-3-5-8-20)16-6-9-21-10-12-22(13-11-21)30(33)34/h3-5,7-8,10-13,19,26H,6,9,14-18H2,1-2H3. The molecule has 0 unspecified atom stereocenters. The number of aryl methyl sites for hydroxylation is 1. The molecular formula is C25H31N5O4. The Kier molecular flexibility index (Phi) is 8.75. The average Bonchev–Trinajstić information content (AvgIpc) is 2.84. The molecule has 0 amide bonds. The monoisotopic (exact) mass is 465 g/mol. The molecule has 3 rings (SSSR count). The maximum absolute atomic E-state index is 12.1. The van der Waals surface area contributed by atoms with Gasteiger partial charge in [-0.2, -0.15) is 0 Å². The predicted molar refractivity (Wildman–Crippen MR) is 133 cm³/mol. The van der Waals surface area contributed by atoms with Crippen molar-refractivity contribution in [3.05, 3.63) is 103 Å². The second kappa shape index (κ2) is 11.9. The Morgan fingerprint density at radius 2 is 1.56 bits per heavy atom. The summed E-state index contributed by atoms with van der Waals surface area (Å²) in [6.07, 6.45) is 2.66. The van der Waals surface area contributed by atoms with Crippen molar-refractivity contribution < 1.29 is 4.92 Å². The fraction of sp³-hybridized carbons (Fsp3) is 0.360. The van der Waals surface area contributed by atoms with Gasteiger partial charge in [0.25, 0.3) is 11.2 Å². The zero-order valence-corrected chi connectivity index (χ0v) is 19.6. The highest BCUT2D eigenvalue weighted by atomic mass is 16.6. The SMILES string of the molecule is Cn1c(NCCN(CCCc2ccc([N+](=O)[O-])cc2)CCc2ccccc2)cc(=O)n(C)c1=O. The summed E-state index contributed by atoms with van der Waals surface area (Å²) < 4.78 is 2.51. The highest BCUT2D eigenvalue weighted by molar-refractivity contribution is 5.34. The first-order valence-electron chi connectivity index (χ1n) is 11.4. The first-order chi connectivity index (χ1) is 16.3. The van der Waals surface area contributed by atoms with Crippen LogP contribution < -0.4 is 16.6 Å². The minimum Gasteiger partial charge on any atom is -0.370 e. The van der Waals surface area contributed by atoms with Gasteiger partial charge in [0.2, 0.25) is 0 Å². The Morgan fingerprint density at radius 3 is 2.24 bits per heavy atom. The minimum atomic E-state index is -0.388. The van der Waals surface area contributed by atoms with Crippen molar-refractivity contribution in [1.29, 1.82) is 0 Å². The summed E-state index contributed by atoms with van der Waals surface area (Å²) in [6.45, 7) is 3.08. The maximum Gasteiger partial charge on any atom is 0.332 e. The van der Waals surface area contributed by atoms with E-state index >= 15 is 0 Å². The lowest BCUT2D eigenvalue weighted by molar-refractivity contribution is -0.384. The second-order valence-corrected chi connectivity index (χ2v) is 8.30. The average molecular weight is 466 g/mol. The molecule has 3 aromatic rings. The van der Waals surface area contributed by atoms with Crippen molar-refractivity contribution in [3.8, 4) is 0 Å². The van der Waals surface area contributed by atoms with Crippen molar-refractivity contribution in [1.82, 2.24) is 14.0 Å². The lowest BCUT2D eigenvalue weighted by atomic mass is 10.1. The molecule has 9 nitrogen and oxygen atoms in total. The summed E-state index contributed by atoms with van der Waals surface area (Å²) in [6, 6.07) is 18.4. The molecule has 9 heteroatoms. The van der Waals surface area contributed by atoms with Crippen LogP contribution in [0.5, 0.6) is 0 Å². The van der Waals surface area contributed by atoms with Crippen LogP contribution in [-0.4, -0.2) is 45.1 Å². The Balaban J connectivity index is 1.58. The lowest BCUT2D eigenvalue weighted by Crippen LogP contribution is -2.38. The third-order valence-electron chi connectivity index (χ3n) is 5.91. The van der Waals surface area contributed by atoms with Gasteiger partial charge in [-0.15, -0.1) is 0 Å². The second-order valence-electron chi connectivity index (χ2n) is 8.30. The molecule has 0 aliphatic rings. The highest BCUT2D eigenvalue weighted by Gasteiger charge is 2.09. The van der Waals surface area contributed by atoms with Crippen LogP contribution in [-0.2, 0) is 26.9 Å².